The lowest BCUT2D eigenvalue weighted by Gasteiger charge is -2.29. The Morgan fingerprint density at radius 3 is 2.67 bits per heavy atom. The van der Waals surface area contributed by atoms with E-state index in [4.69, 9.17) is 5.73 Å². The largest absolute Gasteiger partial charge is 0.345 e. The summed E-state index contributed by atoms with van der Waals surface area (Å²) >= 11 is 1.70. The van der Waals surface area contributed by atoms with Gasteiger partial charge >= 0.3 is 0 Å². The van der Waals surface area contributed by atoms with Gasteiger partial charge in [-0.1, -0.05) is 19.9 Å². The van der Waals surface area contributed by atoms with E-state index in [0.717, 1.165) is 6.42 Å². The van der Waals surface area contributed by atoms with E-state index in [2.05, 4.69) is 19.9 Å². The number of halogens is 1. The summed E-state index contributed by atoms with van der Waals surface area (Å²) in [4.78, 5) is 15.0. The number of aryl methyl sites for hydroxylation is 1. The Hall–Kier alpha value is -0.580. The summed E-state index contributed by atoms with van der Waals surface area (Å²) < 4.78 is 0. The van der Waals surface area contributed by atoms with Gasteiger partial charge in [-0.05, 0) is 29.8 Å². The lowest BCUT2D eigenvalue weighted by Crippen LogP contribution is -2.39. The summed E-state index contributed by atoms with van der Waals surface area (Å²) in [6, 6.07) is 4.09. The van der Waals surface area contributed by atoms with Gasteiger partial charge in [0.15, 0.2) is 0 Å². The first kappa shape index (κ1) is 17.4. The van der Waals surface area contributed by atoms with Gasteiger partial charge < -0.3 is 10.6 Å². The molecule has 0 atom stereocenters. The monoisotopic (exact) mass is 290 g/mol. The standard InChI is InChI=1S/C13H22N2OS.ClH/c1-13(2,9-14)10-15(3)12(16)7-6-11-5-4-8-17-11;/h4-5,8H,6-7,9-10,14H2,1-3H3;1H. The molecular formula is C13H23ClN2OS. The van der Waals surface area contributed by atoms with Crippen molar-refractivity contribution < 1.29 is 4.79 Å². The highest BCUT2D eigenvalue weighted by atomic mass is 35.5. The Morgan fingerprint density at radius 1 is 1.50 bits per heavy atom. The van der Waals surface area contributed by atoms with Gasteiger partial charge in [0.2, 0.25) is 5.91 Å². The molecule has 0 aromatic carbocycles. The van der Waals surface area contributed by atoms with Crippen molar-refractivity contribution in [3.05, 3.63) is 22.4 Å². The van der Waals surface area contributed by atoms with Crippen LogP contribution in [-0.4, -0.2) is 30.9 Å². The summed E-state index contributed by atoms with van der Waals surface area (Å²) in [7, 11) is 1.86. The first-order valence-corrected chi connectivity index (χ1v) is 6.79. The van der Waals surface area contributed by atoms with Crippen molar-refractivity contribution in [1.82, 2.24) is 4.90 Å². The molecular weight excluding hydrogens is 268 g/mol. The maximum atomic E-state index is 11.9. The first-order valence-electron chi connectivity index (χ1n) is 5.91. The molecule has 3 nitrogen and oxygen atoms in total. The van der Waals surface area contributed by atoms with Crippen LogP contribution in [0.3, 0.4) is 0 Å². The van der Waals surface area contributed by atoms with Crippen molar-refractivity contribution in [2.45, 2.75) is 26.7 Å². The van der Waals surface area contributed by atoms with Gasteiger partial charge in [-0.2, -0.15) is 0 Å². The number of amides is 1. The number of hydrogen-bond acceptors (Lipinski definition) is 3. The minimum absolute atomic E-state index is 0. The fourth-order valence-corrected chi connectivity index (χ4v) is 2.38. The Kier molecular flexibility index (Phi) is 7.52. The number of hydrogen-bond donors (Lipinski definition) is 1. The highest BCUT2D eigenvalue weighted by Gasteiger charge is 2.20. The molecule has 0 bridgehead atoms. The molecule has 0 saturated carbocycles. The van der Waals surface area contributed by atoms with E-state index in [0.29, 0.717) is 19.5 Å². The Balaban J connectivity index is 0.00000289. The van der Waals surface area contributed by atoms with Gasteiger partial charge in [-0.3, -0.25) is 4.79 Å². The SMILES string of the molecule is CN(CC(C)(C)CN)C(=O)CCc1cccs1.Cl. The zero-order valence-electron chi connectivity index (χ0n) is 11.3. The van der Waals surface area contributed by atoms with E-state index in [9.17, 15) is 4.79 Å². The Labute approximate surface area is 120 Å². The van der Waals surface area contributed by atoms with E-state index in [1.807, 2.05) is 18.5 Å². The van der Waals surface area contributed by atoms with Gasteiger partial charge in [0.05, 0.1) is 0 Å². The third-order valence-electron chi connectivity index (χ3n) is 2.81. The molecule has 1 rings (SSSR count). The molecule has 104 valence electrons. The van der Waals surface area contributed by atoms with Crippen LogP contribution in [0.4, 0.5) is 0 Å². The summed E-state index contributed by atoms with van der Waals surface area (Å²) in [5, 5.41) is 2.04. The molecule has 0 unspecified atom stereocenters. The molecule has 0 aliphatic carbocycles. The van der Waals surface area contributed by atoms with Crippen molar-refractivity contribution in [2.75, 3.05) is 20.1 Å². The molecule has 5 heteroatoms. The van der Waals surface area contributed by atoms with Crippen molar-refractivity contribution in [2.24, 2.45) is 11.1 Å². The predicted octanol–water partition coefficient (Wildman–Crippen LogP) is 2.55. The zero-order chi connectivity index (χ0) is 12.9. The highest BCUT2D eigenvalue weighted by Crippen LogP contribution is 2.16. The van der Waals surface area contributed by atoms with Gasteiger partial charge in [-0.25, -0.2) is 0 Å². The second kappa shape index (κ2) is 7.77. The van der Waals surface area contributed by atoms with Crippen LogP contribution in [0, 0.1) is 5.41 Å². The maximum absolute atomic E-state index is 11.9. The van der Waals surface area contributed by atoms with E-state index >= 15 is 0 Å². The van der Waals surface area contributed by atoms with E-state index in [-0.39, 0.29) is 23.7 Å². The van der Waals surface area contributed by atoms with Crippen LogP contribution in [-0.2, 0) is 11.2 Å². The molecule has 2 N–H and O–H groups in total. The fraction of sp³-hybridized carbons (Fsp3) is 0.615. The second-order valence-corrected chi connectivity index (χ2v) is 6.23. The molecule has 0 saturated heterocycles. The summed E-state index contributed by atoms with van der Waals surface area (Å²) in [5.41, 5.74) is 5.66. The molecule has 18 heavy (non-hydrogen) atoms. The molecule has 1 aromatic heterocycles. The number of carbonyl (C=O) groups excluding carboxylic acids is 1. The van der Waals surface area contributed by atoms with Gasteiger partial charge in [-0.15, -0.1) is 23.7 Å². The molecule has 0 fully saturated rings. The van der Waals surface area contributed by atoms with E-state index < -0.39 is 0 Å². The van der Waals surface area contributed by atoms with Crippen molar-refractivity contribution in [1.29, 1.82) is 0 Å². The average molecular weight is 291 g/mol. The normalized spacial score (nSPS) is 10.9. The van der Waals surface area contributed by atoms with Crippen LogP contribution in [0.5, 0.6) is 0 Å². The average Bonchev–Trinajstić information content (AvgIpc) is 2.78. The number of nitrogens with two attached hydrogens (primary N) is 1. The topological polar surface area (TPSA) is 46.3 Å². The quantitative estimate of drug-likeness (QED) is 0.875. The van der Waals surface area contributed by atoms with Gasteiger partial charge in [0, 0.05) is 24.9 Å². The van der Waals surface area contributed by atoms with Gasteiger partial charge in [0.25, 0.3) is 0 Å². The molecule has 0 radical (unpaired) electrons. The van der Waals surface area contributed by atoms with Crippen LogP contribution < -0.4 is 5.73 Å². The molecule has 0 spiro atoms. The van der Waals surface area contributed by atoms with Gasteiger partial charge in [0.1, 0.15) is 0 Å². The molecule has 0 aliphatic heterocycles. The number of rotatable bonds is 6. The number of carbonyl (C=O) groups is 1. The lowest BCUT2D eigenvalue weighted by atomic mass is 9.93. The molecule has 0 aliphatic rings. The minimum Gasteiger partial charge on any atom is -0.345 e. The van der Waals surface area contributed by atoms with Crippen molar-refractivity contribution in [3.63, 3.8) is 0 Å². The number of thiophene rings is 1. The zero-order valence-corrected chi connectivity index (χ0v) is 12.9. The molecule has 1 aromatic rings. The highest BCUT2D eigenvalue weighted by molar-refractivity contribution is 7.09. The Bertz CT molecular complexity index is 352. The van der Waals surface area contributed by atoms with Crippen molar-refractivity contribution in [3.8, 4) is 0 Å². The van der Waals surface area contributed by atoms with Crippen LogP contribution in [0.1, 0.15) is 25.1 Å². The van der Waals surface area contributed by atoms with E-state index in [1.54, 1.807) is 16.2 Å². The number of nitrogens with zero attached hydrogens (tertiary/aromatic N) is 1. The van der Waals surface area contributed by atoms with Crippen LogP contribution >= 0.6 is 23.7 Å². The predicted molar refractivity (Wildman–Crippen MR) is 80.4 cm³/mol. The third kappa shape index (κ3) is 5.85. The second-order valence-electron chi connectivity index (χ2n) is 5.20. The smallest absolute Gasteiger partial charge is 0.222 e. The van der Waals surface area contributed by atoms with Crippen LogP contribution in [0.25, 0.3) is 0 Å². The third-order valence-corrected chi connectivity index (χ3v) is 3.75. The van der Waals surface area contributed by atoms with Crippen molar-refractivity contribution >= 4 is 29.7 Å². The Morgan fingerprint density at radius 2 is 2.17 bits per heavy atom. The first-order chi connectivity index (χ1) is 7.94. The minimum atomic E-state index is -0.00661. The summed E-state index contributed by atoms with van der Waals surface area (Å²) in [6.45, 7) is 5.47. The summed E-state index contributed by atoms with van der Waals surface area (Å²) in [5.74, 6) is 0.194. The summed E-state index contributed by atoms with van der Waals surface area (Å²) in [6.07, 6.45) is 1.42. The fourth-order valence-electron chi connectivity index (χ4n) is 1.67. The lowest BCUT2D eigenvalue weighted by molar-refractivity contribution is -0.131. The van der Waals surface area contributed by atoms with Crippen LogP contribution in [0.15, 0.2) is 17.5 Å². The van der Waals surface area contributed by atoms with Crippen LogP contribution in [0.2, 0.25) is 0 Å². The maximum Gasteiger partial charge on any atom is 0.222 e. The molecule has 1 amide bonds. The molecule has 1 heterocycles. The van der Waals surface area contributed by atoms with E-state index in [1.165, 1.54) is 4.88 Å².